The Kier molecular flexibility index (Phi) is 1.47. The molecule has 0 bridgehead atoms. The van der Waals surface area contributed by atoms with E-state index in [-0.39, 0.29) is 0 Å². The van der Waals surface area contributed by atoms with Gasteiger partial charge in [0.25, 0.3) is 0 Å². The Balaban J connectivity index is 2.32. The molecule has 0 fully saturated rings. The smallest absolute Gasteiger partial charge is 0.164 e. The van der Waals surface area contributed by atoms with Crippen LogP contribution < -0.4 is 0 Å². The molecule has 0 aliphatic heterocycles. The summed E-state index contributed by atoms with van der Waals surface area (Å²) < 4.78 is 2.22. The van der Waals surface area contributed by atoms with Gasteiger partial charge in [0.05, 0.1) is 11.0 Å². The van der Waals surface area contributed by atoms with E-state index in [1.807, 2.05) is 0 Å². The summed E-state index contributed by atoms with van der Waals surface area (Å²) in [5.74, 6) is 0. The predicted octanol–water partition coefficient (Wildman–Crippen LogP) is 3.63. The molecule has 2 aromatic carbocycles. The number of rotatable bonds is 0. The van der Waals surface area contributed by atoms with Crippen molar-refractivity contribution in [3.05, 3.63) is 54.9 Å². The molecule has 0 N–H and O–H groups in total. The van der Waals surface area contributed by atoms with E-state index in [0.29, 0.717) is 0 Å². The fraction of sp³-hybridized carbons (Fsp3) is 0. The van der Waals surface area contributed by atoms with E-state index in [4.69, 9.17) is 0 Å². The number of fused-ring (bicyclic) bond motifs is 6. The zero-order valence-electron chi connectivity index (χ0n) is 10.0. The Bertz CT molecular complexity index is 979. The Morgan fingerprint density at radius 2 is 1.53 bits per heavy atom. The van der Waals surface area contributed by atoms with Crippen LogP contribution in [0.5, 0.6) is 0 Å². The van der Waals surface area contributed by atoms with Gasteiger partial charge in [-0.05, 0) is 6.07 Å². The lowest BCUT2D eigenvalue weighted by molar-refractivity contribution is 1.23. The van der Waals surface area contributed by atoms with Crippen LogP contribution in [0.1, 0.15) is 0 Å². The molecule has 0 aliphatic rings. The van der Waals surface area contributed by atoms with E-state index in [2.05, 4.69) is 56.8 Å². The van der Waals surface area contributed by atoms with E-state index in [0.717, 1.165) is 11.2 Å². The first kappa shape index (κ1) is 9.28. The second-order valence-electron chi connectivity index (χ2n) is 4.78. The molecule has 19 heavy (non-hydrogen) atoms. The van der Waals surface area contributed by atoms with E-state index < -0.39 is 0 Å². The Labute approximate surface area is 108 Å². The number of nitrogens with zero attached hydrogens (tertiary/aromatic N) is 3. The molecule has 0 atom stereocenters. The molecule has 0 saturated carbocycles. The van der Waals surface area contributed by atoms with E-state index in [9.17, 15) is 0 Å². The van der Waals surface area contributed by atoms with Crippen molar-refractivity contribution in [1.82, 2.24) is 14.4 Å². The molecular weight excluding hydrogens is 234 g/mol. The number of aromatic nitrogens is 3. The third-order valence-corrected chi connectivity index (χ3v) is 3.84. The molecule has 3 aromatic heterocycles. The highest BCUT2D eigenvalue weighted by atomic mass is 15.0. The van der Waals surface area contributed by atoms with Gasteiger partial charge in [-0.25, -0.2) is 4.98 Å². The monoisotopic (exact) mass is 243 g/mol. The van der Waals surface area contributed by atoms with Crippen LogP contribution >= 0.6 is 0 Å². The van der Waals surface area contributed by atoms with Gasteiger partial charge >= 0.3 is 0 Å². The summed E-state index contributed by atoms with van der Waals surface area (Å²) in [7, 11) is 0. The van der Waals surface area contributed by atoms with Gasteiger partial charge in [-0.1, -0.05) is 36.4 Å². The summed E-state index contributed by atoms with van der Waals surface area (Å²) in [5, 5.41) is 3.72. The highest BCUT2D eigenvalue weighted by Gasteiger charge is 2.17. The van der Waals surface area contributed by atoms with Crippen molar-refractivity contribution in [3.8, 4) is 0 Å². The minimum Gasteiger partial charge on any atom is -0.291 e. The normalized spacial score (nSPS) is 12.2. The van der Waals surface area contributed by atoms with Crippen molar-refractivity contribution >= 4 is 38.4 Å². The Morgan fingerprint density at radius 3 is 2.53 bits per heavy atom. The van der Waals surface area contributed by atoms with Crippen molar-refractivity contribution in [1.29, 1.82) is 0 Å². The quantitative estimate of drug-likeness (QED) is 0.416. The minimum absolute atomic E-state index is 0.940. The number of benzene rings is 2. The molecule has 0 spiro atoms. The van der Waals surface area contributed by atoms with Crippen molar-refractivity contribution < 1.29 is 0 Å². The molecule has 0 aliphatic carbocycles. The number of hydrogen-bond donors (Lipinski definition) is 0. The second-order valence-corrected chi connectivity index (χ2v) is 4.78. The minimum atomic E-state index is 0.940. The first-order valence-corrected chi connectivity index (χ1v) is 6.29. The maximum Gasteiger partial charge on any atom is 0.164 e. The lowest BCUT2D eigenvalue weighted by Crippen LogP contribution is -1.84. The van der Waals surface area contributed by atoms with Gasteiger partial charge in [0.15, 0.2) is 5.65 Å². The maximum atomic E-state index is 4.52. The zero-order valence-corrected chi connectivity index (χ0v) is 10.0. The van der Waals surface area contributed by atoms with Gasteiger partial charge in [0.2, 0.25) is 0 Å². The van der Waals surface area contributed by atoms with Crippen molar-refractivity contribution in [2.24, 2.45) is 0 Å². The third kappa shape index (κ3) is 0.956. The van der Waals surface area contributed by atoms with Crippen LogP contribution in [0, 0.1) is 0 Å². The largest absolute Gasteiger partial charge is 0.291 e. The number of para-hydroxylation sites is 2. The Hall–Kier alpha value is -2.68. The first-order valence-electron chi connectivity index (χ1n) is 6.29. The van der Waals surface area contributed by atoms with Gasteiger partial charge in [-0.3, -0.25) is 9.38 Å². The van der Waals surface area contributed by atoms with Gasteiger partial charge < -0.3 is 0 Å². The molecule has 0 saturated heterocycles. The van der Waals surface area contributed by atoms with Gasteiger partial charge in [0.1, 0.15) is 5.52 Å². The molecule has 0 amide bonds. The maximum absolute atomic E-state index is 4.52. The molecule has 3 nitrogen and oxygen atoms in total. The molecule has 5 aromatic rings. The third-order valence-electron chi connectivity index (χ3n) is 3.84. The van der Waals surface area contributed by atoms with E-state index in [1.165, 1.54) is 27.2 Å². The molecule has 88 valence electrons. The average Bonchev–Trinajstić information content (AvgIpc) is 2.99. The van der Waals surface area contributed by atoms with Crippen LogP contribution in [0.3, 0.4) is 0 Å². The molecule has 0 radical (unpaired) electrons. The lowest BCUT2D eigenvalue weighted by Gasteiger charge is -1.94. The molecular formula is C16H9N3. The average molecular weight is 243 g/mol. The van der Waals surface area contributed by atoms with Crippen LogP contribution in [0.25, 0.3) is 38.4 Å². The second kappa shape index (κ2) is 3.01. The summed E-state index contributed by atoms with van der Waals surface area (Å²) in [5.41, 5.74) is 4.35. The molecule has 5 rings (SSSR count). The molecule has 3 heterocycles. The summed E-state index contributed by atoms with van der Waals surface area (Å²) in [6.07, 6.45) is 3.51. The summed E-state index contributed by atoms with van der Waals surface area (Å²) in [6, 6.07) is 14.8. The first-order chi connectivity index (χ1) is 9.45. The van der Waals surface area contributed by atoms with Gasteiger partial charge in [0, 0.05) is 28.6 Å². The highest BCUT2D eigenvalue weighted by molar-refractivity contribution is 6.21. The van der Waals surface area contributed by atoms with Crippen molar-refractivity contribution in [2.75, 3.05) is 0 Å². The fourth-order valence-electron chi connectivity index (χ4n) is 3.11. The predicted molar refractivity (Wildman–Crippen MR) is 76.7 cm³/mol. The van der Waals surface area contributed by atoms with Crippen LogP contribution in [0.15, 0.2) is 54.9 Å². The zero-order chi connectivity index (χ0) is 12.4. The Morgan fingerprint density at radius 1 is 0.737 bits per heavy atom. The summed E-state index contributed by atoms with van der Waals surface area (Å²) >= 11 is 0. The van der Waals surface area contributed by atoms with E-state index in [1.54, 1.807) is 12.4 Å². The lowest BCUT2D eigenvalue weighted by atomic mass is 10.1. The molecule has 0 unspecified atom stereocenters. The SMILES string of the molecule is c1ccc2c(c1)c1cccc3c4nccnc4n2c13. The highest BCUT2D eigenvalue weighted by Crippen LogP contribution is 2.36. The van der Waals surface area contributed by atoms with Crippen LogP contribution in [-0.4, -0.2) is 14.4 Å². The fourth-order valence-corrected chi connectivity index (χ4v) is 3.11. The van der Waals surface area contributed by atoms with Crippen LogP contribution in [0.4, 0.5) is 0 Å². The standard InChI is InChI=1S/C16H9N3/c1-2-7-13-10(4-1)11-5-3-6-12-14-16(18-9-8-17-14)19(13)15(11)12/h1-9H. The summed E-state index contributed by atoms with van der Waals surface area (Å²) in [4.78, 5) is 9.02. The van der Waals surface area contributed by atoms with Crippen LogP contribution in [-0.2, 0) is 0 Å². The number of hydrogen-bond acceptors (Lipinski definition) is 2. The van der Waals surface area contributed by atoms with Crippen molar-refractivity contribution in [2.45, 2.75) is 0 Å². The van der Waals surface area contributed by atoms with E-state index >= 15 is 0 Å². The van der Waals surface area contributed by atoms with Crippen LogP contribution in [0.2, 0.25) is 0 Å². The van der Waals surface area contributed by atoms with Gasteiger partial charge in [-0.15, -0.1) is 0 Å². The topological polar surface area (TPSA) is 30.2 Å². The molecule has 3 heteroatoms. The van der Waals surface area contributed by atoms with Crippen molar-refractivity contribution in [3.63, 3.8) is 0 Å². The van der Waals surface area contributed by atoms with Gasteiger partial charge in [-0.2, -0.15) is 0 Å². The summed E-state index contributed by atoms with van der Waals surface area (Å²) in [6.45, 7) is 0.